The van der Waals surface area contributed by atoms with Crippen LogP contribution in [0.1, 0.15) is 0 Å². The van der Waals surface area contributed by atoms with Gasteiger partial charge in [-0.1, -0.05) is 158 Å². The Morgan fingerprint density at radius 1 is 0.250 bits per heavy atom. The molecule has 8 rings (SSSR count). The van der Waals surface area contributed by atoms with E-state index < -0.39 is 0 Å². The monoisotopic (exact) mass is 506 g/mol. The van der Waals surface area contributed by atoms with Gasteiger partial charge in [-0.2, -0.15) is 0 Å². The van der Waals surface area contributed by atoms with E-state index in [0.29, 0.717) is 0 Å². The molecule has 40 heavy (non-hydrogen) atoms. The molecular formula is C40H26. The predicted octanol–water partition coefficient (Wildman–Crippen LogP) is 11.3. The van der Waals surface area contributed by atoms with Gasteiger partial charge in [-0.25, -0.2) is 0 Å². The Labute approximate surface area is 233 Å². The van der Waals surface area contributed by atoms with E-state index in [0.717, 1.165) is 0 Å². The second-order valence-electron chi connectivity index (χ2n) is 10.4. The van der Waals surface area contributed by atoms with E-state index in [1.54, 1.807) is 0 Å². The van der Waals surface area contributed by atoms with Crippen LogP contribution in [0.3, 0.4) is 0 Å². The highest BCUT2D eigenvalue weighted by Crippen LogP contribution is 2.47. The van der Waals surface area contributed by atoms with Crippen molar-refractivity contribution >= 4 is 43.1 Å². The van der Waals surface area contributed by atoms with E-state index in [9.17, 15) is 0 Å². The highest BCUT2D eigenvalue weighted by molar-refractivity contribution is 6.26. The summed E-state index contributed by atoms with van der Waals surface area (Å²) in [6.45, 7) is 0. The first-order valence-corrected chi connectivity index (χ1v) is 13.9. The van der Waals surface area contributed by atoms with Gasteiger partial charge in [-0.05, 0) is 76.5 Å². The van der Waals surface area contributed by atoms with Crippen molar-refractivity contribution in [2.24, 2.45) is 0 Å². The molecule has 0 N–H and O–H groups in total. The van der Waals surface area contributed by atoms with Crippen molar-refractivity contribution in [1.29, 1.82) is 0 Å². The molecule has 0 spiro atoms. The van der Waals surface area contributed by atoms with Crippen LogP contribution in [0.25, 0.3) is 76.5 Å². The summed E-state index contributed by atoms with van der Waals surface area (Å²) >= 11 is 0. The van der Waals surface area contributed by atoms with E-state index in [1.807, 2.05) is 0 Å². The van der Waals surface area contributed by atoms with Crippen LogP contribution in [0.5, 0.6) is 0 Å². The highest BCUT2D eigenvalue weighted by atomic mass is 14.2. The molecule has 0 bridgehead atoms. The maximum atomic E-state index is 2.31. The fourth-order valence-electron chi connectivity index (χ4n) is 6.56. The molecule has 8 aromatic rings. The minimum absolute atomic E-state index is 1.24. The standard InChI is InChI=1S/C40H26/c1-2-13-28(14-3-1)31-24-11-17-29-18-12-26-37(38(29)31)40-35-22-8-6-20-33(35)39(34-21-7-9-23-36(34)40)32-25-10-16-27-15-4-5-19-30(27)32/h1-26H. The number of rotatable bonds is 3. The van der Waals surface area contributed by atoms with Gasteiger partial charge in [0.1, 0.15) is 0 Å². The van der Waals surface area contributed by atoms with Gasteiger partial charge >= 0.3 is 0 Å². The summed E-state index contributed by atoms with van der Waals surface area (Å²) in [6.07, 6.45) is 0. The van der Waals surface area contributed by atoms with Crippen LogP contribution < -0.4 is 0 Å². The Balaban J connectivity index is 1.55. The van der Waals surface area contributed by atoms with E-state index in [2.05, 4.69) is 158 Å². The van der Waals surface area contributed by atoms with Gasteiger partial charge < -0.3 is 0 Å². The van der Waals surface area contributed by atoms with Crippen LogP contribution in [0.15, 0.2) is 158 Å². The lowest BCUT2D eigenvalue weighted by Crippen LogP contribution is -1.93. The Morgan fingerprint density at radius 2 is 0.675 bits per heavy atom. The van der Waals surface area contributed by atoms with Crippen molar-refractivity contribution < 1.29 is 0 Å². The number of benzene rings is 8. The van der Waals surface area contributed by atoms with Gasteiger partial charge in [0.15, 0.2) is 0 Å². The first kappa shape index (κ1) is 22.8. The van der Waals surface area contributed by atoms with E-state index in [4.69, 9.17) is 0 Å². The summed E-state index contributed by atoms with van der Waals surface area (Å²) in [5.74, 6) is 0. The van der Waals surface area contributed by atoms with Crippen molar-refractivity contribution in [3.05, 3.63) is 158 Å². The minimum atomic E-state index is 1.24. The van der Waals surface area contributed by atoms with Crippen molar-refractivity contribution in [2.45, 2.75) is 0 Å². The topological polar surface area (TPSA) is 0 Å². The normalized spacial score (nSPS) is 11.5. The first-order chi connectivity index (χ1) is 19.9. The molecule has 8 aromatic carbocycles. The molecule has 0 atom stereocenters. The molecule has 0 fully saturated rings. The second-order valence-corrected chi connectivity index (χ2v) is 10.4. The van der Waals surface area contributed by atoms with Crippen LogP contribution in [-0.4, -0.2) is 0 Å². The van der Waals surface area contributed by atoms with Crippen LogP contribution in [0.4, 0.5) is 0 Å². The average molecular weight is 507 g/mol. The van der Waals surface area contributed by atoms with Crippen LogP contribution in [0.2, 0.25) is 0 Å². The Hall–Kier alpha value is -5.20. The number of hydrogen-bond acceptors (Lipinski definition) is 0. The van der Waals surface area contributed by atoms with Gasteiger partial charge in [0, 0.05) is 0 Å². The molecule has 0 saturated heterocycles. The first-order valence-electron chi connectivity index (χ1n) is 13.9. The second kappa shape index (κ2) is 9.22. The molecule has 0 radical (unpaired) electrons. The summed E-state index contributed by atoms with van der Waals surface area (Å²) in [5.41, 5.74) is 7.65. The fourth-order valence-corrected chi connectivity index (χ4v) is 6.56. The Bertz CT molecular complexity index is 2140. The van der Waals surface area contributed by atoms with E-state index in [-0.39, 0.29) is 0 Å². The summed E-state index contributed by atoms with van der Waals surface area (Å²) in [6, 6.07) is 57.5. The predicted molar refractivity (Wildman–Crippen MR) is 173 cm³/mol. The summed E-state index contributed by atoms with van der Waals surface area (Å²) in [7, 11) is 0. The molecule has 0 aliphatic heterocycles. The number of fused-ring (bicyclic) bond motifs is 4. The molecular weight excluding hydrogens is 480 g/mol. The number of hydrogen-bond donors (Lipinski definition) is 0. The quantitative estimate of drug-likeness (QED) is 0.209. The summed E-state index contributed by atoms with van der Waals surface area (Å²) in [4.78, 5) is 0. The zero-order valence-corrected chi connectivity index (χ0v) is 22.0. The fraction of sp³-hybridized carbons (Fsp3) is 0. The summed E-state index contributed by atoms with van der Waals surface area (Å²) < 4.78 is 0. The molecule has 0 saturated carbocycles. The molecule has 0 heterocycles. The molecule has 0 nitrogen and oxygen atoms in total. The molecule has 0 aliphatic rings. The van der Waals surface area contributed by atoms with Gasteiger partial charge in [-0.3, -0.25) is 0 Å². The van der Waals surface area contributed by atoms with Crippen LogP contribution in [-0.2, 0) is 0 Å². The van der Waals surface area contributed by atoms with Crippen molar-refractivity contribution in [2.75, 3.05) is 0 Å². The lowest BCUT2D eigenvalue weighted by atomic mass is 9.83. The van der Waals surface area contributed by atoms with E-state index >= 15 is 0 Å². The maximum absolute atomic E-state index is 2.31. The zero-order chi connectivity index (χ0) is 26.5. The van der Waals surface area contributed by atoms with E-state index in [1.165, 1.54) is 76.5 Å². The third-order valence-corrected chi connectivity index (χ3v) is 8.25. The maximum Gasteiger partial charge on any atom is -0.00199 e. The molecule has 0 aliphatic carbocycles. The minimum Gasteiger partial charge on any atom is -0.0622 e. The lowest BCUT2D eigenvalue weighted by Gasteiger charge is -2.20. The Kier molecular flexibility index (Phi) is 5.24. The van der Waals surface area contributed by atoms with Crippen LogP contribution >= 0.6 is 0 Å². The molecule has 186 valence electrons. The average Bonchev–Trinajstić information content (AvgIpc) is 3.03. The highest BCUT2D eigenvalue weighted by Gasteiger charge is 2.19. The van der Waals surface area contributed by atoms with Gasteiger partial charge in [0.05, 0.1) is 0 Å². The largest absolute Gasteiger partial charge is 0.0622 e. The molecule has 0 aromatic heterocycles. The van der Waals surface area contributed by atoms with Crippen molar-refractivity contribution in [3.8, 4) is 33.4 Å². The van der Waals surface area contributed by atoms with Crippen molar-refractivity contribution in [3.63, 3.8) is 0 Å². The lowest BCUT2D eigenvalue weighted by molar-refractivity contribution is 1.64. The van der Waals surface area contributed by atoms with Gasteiger partial charge in [0.25, 0.3) is 0 Å². The molecule has 0 heteroatoms. The molecule has 0 unspecified atom stereocenters. The van der Waals surface area contributed by atoms with Gasteiger partial charge in [0.2, 0.25) is 0 Å². The summed E-state index contributed by atoms with van der Waals surface area (Å²) in [5, 5.41) is 10.2. The van der Waals surface area contributed by atoms with Gasteiger partial charge in [-0.15, -0.1) is 0 Å². The van der Waals surface area contributed by atoms with Crippen LogP contribution in [0, 0.1) is 0 Å². The SMILES string of the molecule is c1ccc(-c2cccc3cccc(-c4c5ccccc5c(-c5cccc6ccccc56)c5ccccc45)c23)cc1. The third kappa shape index (κ3) is 3.47. The smallest absolute Gasteiger partial charge is 0.00199 e. The third-order valence-electron chi connectivity index (χ3n) is 8.25. The molecule has 0 amide bonds. The van der Waals surface area contributed by atoms with Crippen molar-refractivity contribution in [1.82, 2.24) is 0 Å². The Morgan fingerprint density at radius 3 is 1.30 bits per heavy atom. The zero-order valence-electron chi connectivity index (χ0n) is 22.0.